The van der Waals surface area contributed by atoms with Gasteiger partial charge in [0.25, 0.3) is 0 Å². The van der Waals surface area contributed by atoms with E-state index in [-0.39, 0.29) is 0 Å². The van der Waals surface area contributed by atoms with E-state index in [0.717, 1.165) is 22.3 Å². The van der Waals surface area contributed by atoms with Crippen LogP contribution in [0.2, 0.25) is 0 Å². The Hall–Kier alpha value is -2.60. The Balaban J connectivity index is 2.62. The van der Waals surface area contributed by atoms with Crippen molar-refractivity contribution >= 4 is 11.3 Å². The first-order valence-corrected chi connectivity index (χ1v) is 6.01. The molecule has 1 heterocycles. The van der Waals surface area contributed by atoms with Gasteiger partial charge in [0, 0.05) is 23.5 Å². The number of hydrogen-bond acceptors (Lipinski definition) is 3. The molecule has 0 aliphatic carbocycles. The molecule has 2 N–H and O–H groups in total. The largest absolute Gasteiger partial charge is 0.397 e. The normalized spacial score (nSPS) is 11.6. The number of aromatic nitrogens is 1. The van der Waals surface area contributed by atoms with Crippen LogP contribution in [0.5, 0.6) is 0 Å². The lowest BCUT2D eigenvalue weighted by molar-refractivity contribution is 1.30. The molecular weight excluding hydrogens is 234 g/mol. The summed E-state index contributed by atoms with van der Waals surface area (Å²) in [7, 11) is 0. The molecule has 0 aliphatic rings. The molecule has 0 spiro atoms. The molecule has 94 valence electrons. The molecular formula is C16H15N3. The van der Waals surface area contributed by atoms with Crippen LogP contribution in [0.4, 0.5) is 0 Å². The van der Waals surface area contributed by atoms with Crippen LogP contribution in [0.25, 0.3) is 11.3 Å². The zero-order chi connectivity index (χ0) is 13.8. The maximum Gasteiger partial charge on any atom is 0.102 e. The molecule has 0 bridgehead atoms. The average molecular weight is 249 g/mol. The summed E-state index contributed by atoms with van der Waals surface area (Å²) in [5, 5.41) is 9.36. The van der Waals surface area contributed by atoms with Gasteiger partial charge in [-0.05, 0) is 31.5 Å². The van der Waals surface area contributed by atoms with Gasteiger partial charge < -0.3 is 5.73 Å². The highest BCUT2D eigenvalue weighted by atomic mass is 14.6. The number of nitrogens with two attached hydrogens (primary N) is 1. The highest BCUT2D eigenvalue weighted by Gasteiger charge is 2.10. The summed E-state index contributed by atoms with van der Waals surface area (Å²) in [6.45, 7) is 3.99. The molecule has 2 rings (SSSR count). The number of rotatable bonds is 2. The van der Waals surface area contributed by atoms with E-state index in [2.05, 4.69) is 11.1 Å². The molecule has 0 unspecified atom stereocenters. The highest BCUT2D eigenvalue weighted by molar-refractivity contribution is 5.96. The number of hydrogen-bond donors (Lipinski definition) is 1. The molecule has 1 aromatic carbocycles. The van der Waals surface area contributed by atoms with Crippen LogP contribution in [0.15, 0.2) is 42.7 Å². The zero-order valence-electron chi connectivity index (χ0n) is 11.0. The minimum Gasteiger partial charge on any atom is -0.397 e. The van der Waals surface area contributed by atoms with Crippen molar-refractivity contribution in [2.75, 3.05) is 0 Å². The van der Waals surface area contributed by atoms with Gasteiger partial charge >= 0.3 is 0 Å². The lowest BCUT2D eigenvalue weighted by Gasteiger charge is -2.10. The molecule has 0 saturated heterocycles. The fraction of sp³-hybridized carbons (Fsp3) is 0.125. The van der Waals surface area contributed by atoms with Crippen molar-refractivity contribution in [2.45, 2.75) is 13.8 Å². The van der Waals surface area contributed by atoms with Crippen LogP contribution < -0.4 is 5.73 Å². The molecule has 0 fully saturated rings. The van der Waals surface area contributed by atoms with Crippen LogP contribution in [0.1, 0.15) is 22.3 Å². The van der Waals surface area contributed by atoms with Crippen molar-refractivity contribution in [3.05, 3.63) is 65.0 Å². The van der Waals surface area contributed by atoms with E-state index >= 15 is 0 Å². The lowest BCUT2D eigenvalue weighted by Crippen LogP contribution is -2.03. The summed E-state index contributed by atoms with van der Waals surface area (Å²) >= 11 is 0. The highest BCUT2D eigenvalue weighted by Crippen LogP contribution is 2.24. The van der Waals surface area contributed by atoms with E-state index in [9.17, 15) is 5.26 Å². The third kappa shape index (κ3) is 2.63. The van der Waals surface area contributed by atoms with Gasteiger partial charge in [0.2, 0.25) is 0 Å². The molecule has 0 atom stereocenters. The smallest absolute Gasteiger partial charge is 0.102 e. The van der Waals surface area contributed by atoms with E-state index in [1.54, 1.807) is 18.5 Å². The van der Waals surface area contributed by atoms with Crippen LogP contribution >= 0.6 is 0 Å². The van der Waals surface area contributed by atoms with Crippen LogP contribution in [-0.2, 0) is 0 Å². The number of nitriles is 1. The fourth-order valence-electron chi connectivity index (χ4n) is 1.95. The fourth-order valence-corrected chi connectivity index (χ4v) is 1.95. The second kappa shape index (κ2) is 5.36. The Morgan fingerprint density at radius 2 is 2.05 bits per heavy atom. The van der Waals surface area contributed by atoms with E-state index in [1.165, 1.54) is 0 Å². The Bertz CT molecular complexity index is 664. The predicted octanol–water partition coefficient (Wildman–Crippen LogP) is 3.05. The van der Waals surface area contributed by atoms with Gasteiger partial charge in [-0.25, -0.2) is 0 Å². The lowest BCUT2D eigenvalue weighted by atomic mass is 9.97. The molecule has 1 aromatic heterocycles. The summed E-state index contributed by atoms with van der Waals surface area (Å²) in [4.78, 5) is 4.03. The minimum atomic E-state index is 0.460. The zero-order valence-corrected chi connectivity index (χ0v) is 11.0. The monoisotopic (exact) mass is 249 g/mol. The van der Waals surface area contributed by atoms with Gasteiger partial charge in [0.15, 0.2) is 0 Å². The average Bonchev–Trinajstić information content (AvgIpc) is 2.43. The van der Waals surface area contributed by atoms with Gasteiger partial charge in [-0.3, -0.25) is 4.98 Å². The molecule has 3 heteroatoms. The van der Waals surface area contributed by atoms with Gasteiger partial charge in [0.1, 0.15) is 6.07 Å². The van der Waals surface area contributed by atoms with E-state index in [4.69, 9.17) is 5.73 Å². The van der Waals surface area contributed by atoms with Crippen molar-refractivity contribution in [3.63, 3.8) is 0 Å². The maximum absolute atomic E-state index is 9.36. The molecule has 0 aliphatic heterocycles. The first kappa shape index (κ1) is 12.8. The molecule has 19 heavy (non-hydrogen) atoms. The van der Waals surface area contributed by atoms with E-state index in [1.807, 2.05) is 38.1 Å². The summed E-state index contributed by atoms with van der Waals surface area (Å²) in [6.07, 6.45) is 3.32. The van der Waals surface area contributed by atoms with Gasteiger partial charge in [-0.2, -0.15) is 5.26 Å². The first-order valence-electron chi connectivity index (χ1n) is 6.01. The summed E-state index contributed by atoms with van der Waals surface area (Å²) in [5.41, 5.74) is 11.0. The quantitative estimate of drug-likeness (QED) is 0.832. The third-order valence-electron chi connectivity index (χ3n) is 3.01. The molecule has 0 amide bonds. The minimum absolute atomic E-state index is 0.460. The number of benzene rings is 1. The summed E-state index contributed by atoms with van der Waals surface area (Å²) in [5.74, 6) is 0. The van der Waals surface area contributed by atoms with Gasteiger partial charge in [-0.1, -0.05) is 23.8 Å². The summed E-state index contributed by atoms with van der Waals surface area (Å²) < 4.78 is 0. The molecule has 0 radical (unpaired) electrons. The molecule has 3 nitrogen and oxygen atoms in total. The van der Waals surface area contributed by atoms with E-state index in [0.29, 0.717) is 11.3 Å². The van der Waals surface area contributed by atoms with Crippen molar-refractivity contribution in [1.29, 1.82) is 5.26 Å². The first-order chi connectivity index (χ1) is 9.13. The molecule has 0 saturated carbocycles. The number of pyridine rings is 1. The van der Waals surface area contributed by atoms with Crippen molar-refractivity contribution in [2.24, 2.45) is 5.73 Å². The SMILES string of the molecule is Cc1ccc(C)c(/C(N)=C(/C#N)c2cccnc2)c1. The Kier molecular flexibility index (Phi) is 3.63. The number of nitrogens with zero attached hydrogens (tertiary/aromatic N) is 2. The number of aryl methyl sites for hydroxylation is 2. The Morgan fingerprint density at radius 3 is 2.68 bits per heavy atom. The second-order valence-electron chi connectivity index (χ2n) is 4.46. The maximum atomic E-state index is 9.36. The van der Waals surface area contributed by atoms with E-state index < -0.39 is 0 Å². The van der Waals surface area contributed by atoms with Gasteiger partial charge in [0.05, 0.1) is 11.3 Å². The summed E-state index contributed by atoms with van der Waals surface area (Å²) in [6, 6.07) is 11.8. The van der Waals surface area contributed by atoms with Crippen LogP contribution in [0, 0.1) is 25.2 Å². The van der Waals surface area contributed by atoms with Crippen molar-refractivity contribution in [3.8, 4) is 6.07 Å². The van der Waals surface area contributed by atoms with Crippen molar-refractivity contribution < 1.29 is 0 Å². The van der Waals surface area contributed by atoms with Crippen molar-refractivity contribution in [1.82, 2.24) is 4.98 Å². The standard InChI is InChI=1S/C16H15N3/c1-11-5-6-12(2)14(8-11)16(18)15(9-17)13-4-3-7-19-10-13/h3-8,10H,18H2,1-2H3/b16-15+. The molecule has 2 aromatic rings. The van der Waals surface area contributed by atoms with Crippen LogP contribution in [-0.4, -0.2) is 4.98 Å². The van der Waals surface area contributed by atoms with Gasteiger partial charge in [-0.15, -0.1) is 0 Å². The Morgan fingerprint density at radius 1 is 1.26 bits per heavy atom. The topological polar surface area (TPSA) is 62.7 Å². The number of allylic oxidation sites excluding steroid dienone is 1. The third-order valence-corrected chi connectivity index (χ3v) is 3.01. The predicted molar refractivity (Wildman–Crippen MR) is 76.8 cm³/mol. The second-order valence-corrected chi connectivity index (χ2v) is 4.46. The Labute approximate surface area is 113 Å². The van der Waals surface area contributed by atoms with Crippen LogP contribution in [0.3, 0.4) is 0 Å².